The normalized spacial score (nSPS) is 10.4. The maximum Gasteiger partial charge on any atom is 0.259 e. The summed E-state index contributed by atoms with van der Waals surface area (Å²) in [5.41, 5.74) is 0.465. The number of anilines is 1. The van der Waals surface area contributed by atoms with E-state index in [1.807, 2.05) is 0 Å². The maximum absolute atomic E-state index is 13.8. The van der Waals surface area contributed by atoms with Crippen molar-refractivity contribution in [3.63, 3.8) is 0 Å². The monoisotopic (exact) mass is 402 g/mol. The van der Waals surface area contributed by atoms with Crippen LogP contribution < -0.4 is 19.9 Å². The molecule has 0 aliphatic heterocycles. The second-order valence-corrected chi connectivity index (χ2v) is 6.34. The Morgan fingerprint density at radius 1 is 0.964 bits per heavy atom. The Labute approximate surface area is 164 Å². The van der Waals surface area contributed by atoms with E-state index in [9.17, 15) is 13.6 Å². The van der Waals surface area contributed by atoms with Crippen LogP contribution in [0.3, 0.4) is 0 Å². The molecule has 144 valence electrons. The molecule has 0 aliphatic rings. The number of carbonyl (C=O) groups is 1. The highest BCUT2D eigenvalue weighted by atomic mass is 32.2. The van der Waals surface area contributed by atoms with Gasteiger partial charge in [0.15, 0.2) is 11.5 Å². The molecule has 0 saturated carbocycles. The number of hydrogen-bond donors (Lipinski definition) is 2. The molecule has 0 bridgehead atoms. The summed E-state index contributed by atoms with van der Waals surface area (Å²) in [5.74, 6) is -1.26. The number of hydrogen-bond acceptors (Lipinski definition) is 5. The predicted octanol–water partition coefficient (Wildman–Crippen LogP) is 4.98. The van der Waals surface area contributed by atoms with Crippen molar-refractivity contribution >= 4 is 23.5 Å². The highest BCUT2D eigenvalue weighted by molar-refractivity contribution is 7.97. The molecule has 0 saturated heterocycles. The number of benzene rings is 3. The smallest absolute Gasteiger partial charge is 0.259 e. The molecule has 3 rings (SSSR count). The number of carbonyl (C=O) groups excluding carboxylic acids is 1. The molecule has 0 spiro atoms. The lowest BCUT2D eigenvalue weighted by Gasteiger charge is -2.14. The summed E-state index contributed by atoms with van der Waals surface area (Å²) < 4.78 is 37.9. The number of halogens is 2. The Hall–Kier alpha value is -3.10. The van der Waals surface area contributed by atoms with E-state index in [0.717, 1.165) is 35.0 Å². The van der Waals surface area contributed by atoms with Crippen LogP contribution in [0.2, 0.25) is 0 Å². The van der Waals surface area contributed by atoms with Crippen LogP contribution in [0.1, 0.15) is 10.4 Å². The van der Waals surface area contributed by atoms with Gasteiger partial charge in [-0.05, 0) is 60.5 Å². The van der Waals surface area contributed by atoms with Gasteiger partial charge in [0.25, 0.3) is 5.91 Å². The van der Waals surface area contributed by atoms with Crippen molar-refractivity contribution in [3.05, 3.63) is 77.9 Å². The summed E-state index contributed by atoms with van der Waals surface area (Å²) in [7, 11) is 1.36. The lowest BCUT2D eigenvalue weighted by atomic mass is 10.1. The minimum atomic E-state index is -0.602. The van der Waals surface area contributed by atoms with Crippen LogP contribution in [-0.4, -0.2) is 13.0 Å². The van der Waals surface area contributed by atoms with Gasteiger partial charge in [0.2, 0.25) is 0 Å². The van der Waals surface area contributed by atoms with E-state index in [1.165, 1.54) is 25.3 Å². The molecule has 5 nitrogen and oxygen atoms in total. The summed E-state index contributed by atoms with van der Waals surface area (Å²) in [5, 5.41) is 8.20. The van der Waals surface area contributed by atoms with Gasteiger partial charge in [-0.25, -0.2) is 8.78 Å². The fourth-order valence-corrected chi connectivity index (χ4v) is 2.81. The van der Waals surface area contributed by atoms with E-state index in [4.69, 9.17) is 14.6 Å². The van der Waals surface area contributed by atoms with Crippen LogP contribution in [0.25, 0.3) is 0 Å². The first kappa shape index (κ1) is 19.7. The molecule has 0 heterocycles. The largest absolute Gasteiger partial charge is 0.493 e. The van der Waals surface area contributed by atoms with Crippen molar-refractivity contribution in [2.45, 2.75) is 4.90 Å². The fraction of sp³-hybridized carbons (Fsp3) is 0.0500. The first-order valence-corrected chi connectivity index (χ1v) is 8.97. The van der Waals surface area contributed by atoms with Gasteiger partial charge in [-0.2, -0.15) is 0 Å². The SMILES string of the molecule is COc1cc(F)ccc1Oc1ccc(F)cc1C(=O)Nc1cccc(SN)c1. The Morgan fingerprint density at radius 2 is 1.68 bits per heavy atom. The average molecular weight is 402 g/mol. The molecule has 28 heavy (non-hydrogen) atoms. The number of nitrogens with two attached hydrogens (primary N) is 1. The molecular weight excluding hydrogens is 386 g/mol. The van der Waals surface area contributed by atoms with E-state index in [1.54, 1.807) is 24.3 Å². The zero-order chi connectivity index (χ0) is 20.1. The molecule has 0 radical (unpaired) electrons. The van der Waals surface area contributed by atoms with Crippen LogP contribution in [0.4, 0.5) is 14.5 Å². The average Bonchev–Trinajstić information content (AvgIpc) is 2.70. The minimum absolute atomic E-state index is 0.0304. The summed E-state index contributed by atoms with van der Waals surface area (Å²) in [6.45, 7) is 0. The Morgan fingerprint density at radius 3 is 2.39 bits per heavy atom. The van der Waals surface area contributed by atoms with Crippen LogP contribution in [0.5, 0.6) is 17.2 Å². The predicted molar refractivity (Wildman–Crippen MR) is 104 cm³/mol. The van der Waals surface area contributed by atoms with Gasteiger partial charge in [-0.1, -0.05) is 6.07 Å². The summed E-state index contributed by atoms with van der Waals surface area (Å²) in [6.07, 6.45) is 0. The first-order valence-electron chi connectivity index (χ1n) is 8.09. The molecule has 0 unspecified atom stereocenters. The number of methoxy groups -OCH3 is 1. The second-order valence-electron chi connectivity index (χ2n) is 5.64. The quantitative estimate of drug-likeness (QED) is 0.569. The fourth-order valence-electron chi connectivity index (χ4n) is 2.46. The molecule has 0 aromatic heterocycles. The molecule has 3 N–H and O–H groups in total. The zero-order valence-electron chi connectivity index (χ0n) is 14.7. The molecule has 0 atom stereocenters. The lowest BCUT2D eigenvalue weighted by molar-refractivity contribution is 0.102. The molecule has 8 heteroatoms. The Balaban J connectivity index is 1.91. The van der Waals surface area contributed by atoms with Crippen molar-refractivity contribution in [3.8, 4) is 17.2 Å². The maximum atomic E-state index is 13.8. The van der Waals surface area contributed by atoms with Crippen LogP contribution >= 0.6 is 11.9 Å². The van der Waals surface area contributed by atoms with Gasteiger partial charge in [0, 0.05) is 16.6 Å². The molecular formula is C20H16F2N2O3S. The number of ether oxygens (including phenoxy) is 2. The van der Waals surface area contributed by atoms with Crippen LogP contribution in [-0.2, 0) is 0 Å². The van der Waals surface area contributed by atoms with Crippen molar-refractivity contribution < 1.29 is 23.0 Å². The molecule has 0 fully saturated rings. The van der Waals surface area contributed by atoms with E-state index in [2.05, 4.69) is 5.32 Å². The van der Waals surface area contributed by atoms with Gasteiger partial charge in [0.05, 0.1) is 12.7 Å². The Kier molecular flexibility index (Phi) is 6.13. The first-order chi connectivity index (χ1) is 13.5. The number of amides is 1. The minimum Gasteiger partial charge on any atom is -0.493 e. The van der Waals surface area contributed by atoms with Gasteiger partial charge in [0.1, 0.15) is 17.4 Å². The molecule has 3 aromatic carbocycles. The standard InChI is InChI=1S/C20H16F2N2O3S/c1-26-19-10-13(22)6-8-18(19)27-17-7-5-12(21)9-16(17)20(25)24-14-3-2-4-15(11-14)28-23/h2-11H,23H2,1H3,(H,24,25). The summed E-state index contributed by atoms with van der Waals surface area (Å²) >= 11 is 1.04. The molecule has 3 aromatic rings. The van der Waals surface area contributed by atoms with E-state index < -0.39 is 17.5 Å². The van der Waals surface area contributed by atoms with Crippen molar-refractivity contribution in [2.24, 2.45) is 5.14 Å². The van der Waals surface area contributed by atoms with Crippen molar-refractivity contribution in [2.75, 3.05) is 12.4 Å². The Bertz CT molecular complexity index is 1010. The van der Waals surface area contributed by atoms with E-state index in [-0.39, 0.29) is 22.8 Å². The van der Waals surface area contributed by atoms with Gasteiger partial charge >= 0.3 is 0 Å². The van der Waals surface area contributed by atoms with E-state index in [0.29, 0.717) is 5.69 Å². The third kappa shape index (κ3) is 4.59. The molecule has 1 amide bonds. The summed E-state index contributed by atoms with van der Waals surface area (Å²) in [6, 6.07) is 14.1. The highest BCUT2D eigenvalue weighted by Crippen LogP contribution is 2.34. The van der Waals surface area contributed by atoms with Gasteiger partial charge in [-0.3, -0.25) is 9.93 Å². The topological polar surface area (TPSA) is 73.6 Å². The zero-order valence-corrected chi connectivity index (χ0v) is 15.6. The highest BCUT2D eigenvalue weighted by Gasteiger charge is 2.17. The van der Waals surface area contributed by atoms with E-state index >= 15 is 0 Å². The van der Waals surface area contributed by atoms with Crippen molar-refractivity contribution in [1.82, 2.24) is 0 Å². The summed E-state index contributed by atoms with van der Waals surface area (Å²) in [4.78, 5) is 13.5. The van der Waals surface area contributed by atoms with Crippen LogP contribution in [0, 0.1) is 11.6 Å². The number of rotatable bonds is 6. The molecule has 0 aliphatic carbocycles. The lowest BCUT2D eigenvalue weighted by Crippen LogP contribution is -2.13. The van der Waals surface area contributed by atoms with Gasteiger partial charge < -0.3 is 14.8 Å². The van der Waals surface area contributed by atoms with Crippen LogP contribution in [0.15, 0.2) is 65.6 Å². The van der Waals surface area contributed by atoms with Crippen molar-refractivity contribution in [1.29, 1.82) is 0 Å². The second kappa shape index (κ2) is 8.73. The number of nitrogens with one attached hydrogen (secondary N) is 1. The van der Waals surface area contributed by atoms with Gasteiger partial charge in [-0.15, -0.1) is 0 Å². The third-order valence-electron chi connectivity index (χ3n) is 3.76. The third-order valence-corrected chi connectivity index (χ3v) is 4.29.